The molecule has 4 aromatic rings. The lowest BCUT2D eigenvalue weighted by molar-refractivity contribution is -0.113. The van der Waals surface area contributed by atoms with Gasteiger partial charge >= 0.3 is 0 Å². The molecule has 7 nitrogen and oxygen atoms in total. The van der Waals surface area contributed by atoms with Gasteiger partial charge in [-0.15, -0.1) is 10.2 Å². The molecule has 0 bridgehead atoms. The molecule has 0 aliphatic rings. The minimum atomic E-state index is -0.527. The second-order valence-corrected chi connectivity index (χ2v) is 7.50. The molecule has 154 valence electrons. The smallest absolute Gasteiger partial charge is 0.262 e. The first-order valence-electron chi connectivity index (χ1n) is 9.24. The number of benzene rings is 2. The number of para-hydroxylation sites is 1. The third-order valence-corrected chi connectivity index (χ3v) is 5.39. The van der Waals surface area contributed by atoms with Crippen molar-refractivity contribution in [2.75, 3.05) is 11.1 Å². The zero-order valence-corrected chi connectivity index (χ0v) is 16.7. The molecule has 10 heteroatoms. The average molecular weight is 429 g/mol. The van der Waals surface area contributed by atoms with Gasteiger partial charge in [-0.05, 0) is 36.8 Å². The Balaban J connectivity index is 1.70. The summed E-state index contributed by atoms with van der Waals surface area (Å²) in [5.41, 5.74) is 0.192. The zero-order chi connectivity index (χ0) is 21.3. The number of aryl methyl sites for hydroxylation is 1. The predicted octanol–water partition coefficient (Wildman–Crippen LogP) is 3.46. The minimum Gasteiger partial charge on any atom is -0.323 e. The van der Waals surface area contributed by atoms with E-state index in [1.54, 1.807) is 10.5 Å². The van der Waals surface area contributed by atoms with Crippen molar-refractivity contribution in [2.24, 2.45) is 0 Å². The van der Waals surface area contributed by atoms with Crippen molar-refractivity contribution < 1.29 is 13.6 Å². The van der Waals surface area contributed by atoms with E-state index >= 15 is 0 Å². The van der Waals surface area contributed by atoms with E-state index in [0.717, 1.165) is 11.8 Å². The summed E-state index contributed by atoms with van der Waals surface area (Å²) in [4.78, 5) is 25.1. The third-order valence-electron chi connectivity index (χ3n) is 4.46. The maximum atomic E-state index is 13.8. The molecule has 0 saturated heterocycles. The van der Waals surface area contributed by atoms with Gasteiger partial charge in [0.15, 0.2) is 5.16 Å². The van der Waals surface area contributed by atoms with Crippen molar-refractivity contribution in [3.8, 4) is 0 Å². The van der Waals surface area contributed by atoms with Gasteiger partial charge in [-0.3, -0.25) is 18.6 Å². The van der Waals surface area contributed by atoms with E-state index in [2.05, 4.69) is 15.5 Å². The highest BCUT2D eigenvalue weighted by Gasteiger charge is 2.18. The zero-order valence-electron chi connectivity index (χ0n) is 15.9. The van der Waals surface area contributed by atoms with Gasteiger partial charge in [0.05, 0.1) is 22.3 Å². The van der Waals surface area contributed by atoms with Crippen molar-refractivity contribution in [1.29, 1.82) is 0 Å². The summed E-state index contributed by atoms with van der Waals surface area (Å²) in [5.74, 6) is -1.20. The average Bonchev–Trinajstić information content (AvgIpc) is 3.15. The first kappa shape index (κ1) is 20.0. The number of nitrogens with one attached hydrogen (secondary N) is 1. The molecule has 0 atom stereocenters. The number of hydrogen-bond acceptors (Lipinski definition) is 5. The fourth-order valence-corrected chi connectivity index (χ4v) is 3.90. The lowest BCUT2D eigenvalue weighted by Crippen LogP contribution is -2.23. The van der Waals surface area contributed by atoms with Crippen LogP contribution in [0, 0.1) is 11.6 Å². The van der Waals surface area contributed by atoms with E-state index < -0.39 is 17.5 Å². The molecule has 0 aliphatic carbocycles. The summed E-state index contributed by atoms with van der Waals surface area (Å²) in [5, 5.41) is 11.3. The number of carbonyl (C=O) groups is 1. The SMILES string of the molecule is CCCn1c(=O)c2cc(F)ccc2n2c(SCC(=O)Nc3ccccc3F)nnc12. The summed E-state index contributed by atoms with van der Waals surface area (Å²) in [7, 11) is 0. The van der Waals surface area contributed by atoms with E-state index in [4.69, 9.17) is 0 Å². The lowest BCUT2D eigenvalue weighted by Gasteiger charge is -2.10. The number of nitrogens with zero attached hydrogens (tertiary/aromatic N) is 4. The van der Waals surface area contributed by atoms with Crippen LogP contribution in [0.1, 0.15) is 13.3 Å². The van der Waals surface area contributed by atoms with Crippen LogP contribution in [-0.2, 0) is 11.3 Å². The van der Waals surface area contributed by atoms with Crippen molar-refractivity contribution in [3.63, 3.8) is 0 Å². The largest absolute Gasteiger partial charge is 0.323 e. The van der Waals surface area contributed by atoms with Crippen LogP contribution in [0.5, 0.6) is 0 Å². The monoisotopic (exact) mass is 429 g/mol. The Morgan fingerprint density at radius 3 is 2.73 bits per heavy atom. The van der Waals surface area contributed by atoms with Crippen LogP contribution in [0.4, 0.5) is 14.5 Å². The molecule has 30 heavy (non-hydrogen) atoms. The van der Waals surface area contributed by atoms with Crippen LogP contribution >= 0.6 is 11.8 Å². The molecular weight excluding hydrogens is 412 g/mol. The highest BCUT2D eigenvalue weighted by Crippen LogP contribution is 2.23. The molecule has 0 unspecified atom stereocenters. The Morgan fingerprint density at radius 1 is 1.17 bits per heavy atom. The standard InChI is InChI=1S/C20H17F2N5O2S/c1-2-9-26-18(29)13-10-12(21)7-8-16(13)27-19(26)24-25-20(27)30-11-17(28)23-15-6-4-3-5-14(15)22/h3-8,10H,2,9,11H2,1H3,(H,23,28). The number of anilines is 1. The fourth-order valence-electron chi connectivity index (χ4n) is 3.16. The molecule has 2 aromatic heterocycles. The molecule has 2 heterocycles. The molecule has 0 saturated carbocycles. The molecule has 1 amide bonds. The summed E-state index contributed by atoms with van der Waals surface area (Å²) >= 11 is 1.09. The molecule has 0 fully saturated rings. The minimum absolute atomic E-state index is 0.0509. The second-order valence-electron chi connectivity index (χ2n) is 6.55. The van der Waals surface area contributed by atoms with Gasteiger partial charge in [-0.1, -0.05) is 30.8 Å². The maximum Gasteiger partial charge on any atom is 0.262 e. The predicted molar refractivity (Wildman–Crippen MR) is 111 cm³/mol. The third kappa shape index (κ3) is 3.65. The first-order chi connectivity index (χ1) is 14.5. The van der Waals surface area contributed by atoms with Crippen molar-refractivity contribution in [1.82, 2.24) is 19.2 Å². The van der Waals surface area contributed by atoms with Gasteiger partial charge in [0, 0.05) is 6.54 Å². The van der Waals surface area contributed by atoms with E-state index in [9.17, 15) is 18.4 Å². The Morgan fingerprint density at radius 2 is 1.97 bits per heavy atom. The summed E-state index contributed by atoms with van der Waals surface area (Å²) in [6.45, 7) is 2.31. The number of halogens is 2. The highest BCUT2D eigenvalue weighted by molar-refractivity contribution is 7.99. The normalized spacial score (nSPS) is 11.3. The van der Waals surface area contributed by atoms with Gasteiger partial charge in [0.2, 0.25) is 11.7 Å². The van der Waals surface area contributed by atoms with Crippen molar-refractivity contribution in [3.05, 3.63) is 64.5 Å². The molecule has 0 radical (unpaired) electrons. The Bertz CT molecular complexity index is 1320. The van der Waals surface area contributed by atoms with Crippen LogP contribution in [0.25, 0.3) is 16.7 Å². The molecule has 0 aliphatic heterocycles. The quantitative estimate of drug-likeness (QED) is 0.475. The second kappa shape index (κ2) is 8.23. The van der Waals surface area contributed by atoms with Crippen LogP contribution in [0.3, 0.4) is 0 Å². The van der Waals surface area contributed by atoms with E-state index in [0.29, 0.717) is 29.4 Å². The van der Waals surface area contributed by atoms with Crippen LogP contribution < -0.4 is 10.9 Å². The van der Waals surface area contributed by atoms with Gasteiger partial charge in [-0.2, -0.15) is 0 Å². The summed E-state index contributed by atoms with van der Waals surface area (Å²) in [6, 6.07) is 9.81. The number of carbonyl (C=O) groups excluding carboxylic acids is 1. The van der Waals surface area contributed by atoms with Gasteiger partial charge in [-0.25, -0.2) is 8.78 Å². The highest BCUT2D eigenvalue weighted by atomic mass is 32.2. The number of hydrogen-bond donors (Lipinski definition) is 1. The lowest BCUT2D eigenvalue weighted by atomic mass is 10.2. The Hall–Kier alpha value is -3.27. The number of thioether (sulfide) groups is 1. The number of rotatable bonds is 6. The van der Waals surface area contributed by atoms with Crippen molar-refractivity contribution >= 4 is 40.0 Å². The van der Waals surface area contributed by atoms with E-state index in [1.165, 1.54) is 41.0 Å². The molecular formula is C20H17F2N5O2S. The summed E-state index contributed by atoms with van der Waals surface area (Å²) in [6.07, 6.45) is 0.677. The molecule has 2 aromatic carbocycles. The van der Waals surface area contributed by atoms with Gasteiger partial charge in [0.1, 0.15) is 11.6 Å². The Kier molecular flexibility index (Phi) is 5.49. The first-order valence-corrected chi connectivity index (χ1v) is 10.2. The topological polar surface area (TPSA) is 81.3 Å². The molecule has 0 spiro atoms. The number of amides is 1. The van der Waals surface area contributed by atoms with Gasteiger partial charge in [0.25, 0.3) is 5.56 Å². The van der Waals surface area contributed by atoms with Crippen LogP contribution in [0.15, 0.2) is 52.4 Å². The van der Waals surface area contributed by atoms with E-state index in [1.807, 2.05) is 6.92 Å². The van der Waals surface area contributed by atoms with Crippen LogP contribution in [-0.4, -0.2) is 30.8 Å². The van der Waals surface area contributed by atoms with E-state index in [-0.39, 0.29) is 22.4 Å². The van der Waals surface area contributed by atoms with Gasteiger partial charge < -0.3 is 5.32 Å². The molecule has 4 rings (SSSR count). The maximum absolute atomic E-state index is 13.8. The summed E-state index contributed by atoms with van der Waals surface area (Å²) < 4.78 is 30.6. The van der Waals surface area contributed by atoms with Crippen LogP contribution in [0.2, 0.25) is 0 Å². The molecule has 1 N–H and O–H groups in total. The Labute approximate surface area is 173 Å². The number of aromatic nitrogens is 4. The number of fused-ring (bicyclic) bond motifs is 3. The van der Waals surface area contributed by atoms with Crippen molar-refractivity contribution in [2.45, 2.75) is 25.0 Å². The fraction of sp³-hybridized carbons (Fsp3) is 0.200.